The van der Waals surface area contributed by atoms with Crippen molar-refractivity contribution < 1.29 is 19.1 Å². The van der Waals surface area contributed by atoms with E-state index >= 15 is 0 Å². The van der Waals surface area contributed by atoms with Crippen molar-refractivity contribution in [2.75, 3.05) is 20.8 Å². The molecule has 0 spiro atoms. The summed E-state index contributed by atoms with van der Waals surface area (Å²) in [6, 6.07) is -0.486. The van der Waals surface area contributed by atoms with E-state index in [9.17, 15) is 9.59 Å². The van der Waals surface area contributed by atoms with Gasteiger partial charge in [0.2, 0.25) is 5.91 Å². The van der Waals surface area contributed by atoms with Crippen molar-refractivity contribution >= 4 is 12.0 Å². The smallest absolute Gasteiger partial charge is 0.407 e. The molecule has 0 aromatic heterocycles. The second-order valence-electron chi connectivity index (χ2n) is 5.54. The molecule has 2 amide bonds. The zero-order chi connectivity index (χ0) is 15.3. The van der Waals surface area contributed by atoms with Crippen LogP contribution in [-0.2, 0) is 14.3 Å². The predicted molar refractivity (Wildman–Crippen MR) is 75.4 cm³/mol. The summed E-state index contributed by atoms with van der Waals surface area (Å²) in [4.78, 5) is 26.0. The van der Waals surface area contributed by atoms with E-state index in [1.165, 1.54) is 14.2 Å². The molecule has 3 atom stereocenters. The van der Waals surface area contributed by atoms with Gasteiger partial charge in [0.1, 0.15) is 6.04 Å². The second-order valence-corrected chi connectivity index (χ2v) is 5.54. The van der Waals surface area contributed by atoms with Gasteiger partial charge in [0.05, 0.1) is 13.2 Å². The Morgan fingerprint density at radius 1 is 1.25 bits per heavy atom. The standard InChI is InChI=1S/C14H26N2O4/c1-9(2)11-7-6-8-16(11)13(17)12(10(3)19-4)15-14(18)20-5/h9-12H,6-8H2,1-5H3,(H,15,18)/t10-,11?,12+/m1/s1. The number of rotatable bonds is 5. The number of amides is 2. The number of ether oxygens (including phenoxy) is 2. The molecular formula is C14H26N2O4. The van der Waals surface area contributed by atoms with Crippen LogP contribution < -0.4 is 5.32 Å². The van der Waals surface area contributed by atoms with E-state index in [0.717, 1.165) is 19.4 Å². The number of carbonyl (C=O) groups is 2. The Morgan fingerprint density at radius 3 is 2.40 bits per heavy atom. The minimum Gasteiger partial charge on any atom is -0.453 e. The zero-order valence-corrected chi connectivity index (χ0v) is 13.0. The first-order valence-electron chi connectivity index (χ1n) is 7.10. The van der Waals surface area contributed by atoms with Crippen molar-refractivity contribution in [3.05, 3.63) is 0 Å². The number of hydrogen-bond donors (Lipinski definition) is 1. The van der Waals surface area contributed by atoms with E-state index in [-0.39, 0.29) is 11.9 Å². The van der Waals surface area contributed by atoms with Crippen LogP contribution in [0, 0.1) is 5.92 Å². The van der Waals surface area contributed by atoms with E-state index in [0.29, 0.717) is 5.92 Å². The summed E-state index contributed by atoms with van der Waals surface area (Å²) in [6.07, 6.45) is 0.985. The Bertz CT molecular complexity index is 346. The van der Waals surface area contributed by atoms with Crippen LogP contribution in [0.5, 0.6) is 0 Å². The third-order valence-electron chi connectivity index (χ3n) is 3.92. The minimum atomic E-state index is -0.716. The van der Waals surface area contributed by atoms with E-state index in [4.69, 9.17) is 4.74 Å². The average Bonchev–Trinajstić information content (AvgIpc) is 2.92. The molecule has 0 saturated carbocycles. The molecule has 1 heterocycles. The topological polar surface area (TPSA) is 67.9 Å². The number of likely N-dealkylation sites (tertiary alicyclic amines) is 1. The second kappa shape index (κ2) is 7.47. The number of alkyl carbamates (subject to hydrolysis) is 1. The molecule has 1 rings (SSSR count). The Morgan fingerprint density at radius 2 is 1.90 bits per heavy atom. The van der Waals surface area contributed by atoms with Crippen LogP contribution in [0.1, 0.15) is 33.6 Å². The summed E-state index contributed by atoms with van der Waals surface area (Å²) in [7, 11) is 2.80. The highest BCUT2D eigenvalue weighted by atomic mass is 16.5. The molecule has 0 aliphatic carbocycles. The summed E-state index contributed by atoms with van der Waals surface area (Å²) < 4.78 is 9.80. The van der Waals surface area contributed by atoms with Gasteiger partial charge in [-0.3, -0.25) is 4.79 Å². The molecule has 1 aliphatic rings. The number of hydrogen-bond acceptors (Lipinski definition) is 4. The maximum atomic E-state index is 12.7. The lowest BCUT2D eigenvalue weighted by molar-refractivity contribution is -0.138. The van der Waals surface area contributed by atoms with Crippen LogP contribution in [0.4, 0.5) is 4.79 Å². The molecular weight excluding hydrogens is 260 g/mol. The first kappa shape index (κ1) is 16.8. The van der Waals surface area contributed by atoms with Gasteiger partial charge in [-0.25, -0.2) is 4.79 Å². The molecule has 1 N–H and O–H groups in total. The molecule has 1 fully saturated rings. The fraction of sp³-hybridized carbons (Fsp3) is 0.857. The molecule has 1 saturated heterocycles. The summed E-state index contributed by atoms with van der Waals surface area (Å²) in [5.74, 6) is 0.305. The lowest BCUT2D eigenvalue weighted by Crippen LogP contribution is -2.55. The molecule has 1 aliphatic heterocycles. The van der Waals surface area contributed by atoms with Crippen LogP contribution in [0.25, 0.3) is 0 Å². The van der Waals surface area contributed by atoms with Gasteiger partial charge in [-0.2, -0.15) is 0 Å². The molecule has 6 heteroatoms. The van der Waals surface area contributed by atoms with Crippen LogP contribution in [0.2, 0.25) is 0 Å². The van der Waals surface area contributed by atoms with Gasteiger partial charge in [-0.05, 0) is 25.7 Å². The molecule has 0 aromatic carbocycles. The molecule has 0 bridgehead atoms. The number of nitrogens with one attached hydrogen (secondary N) is 1. The predicted octanol–water partition coefficient (Wildman–Crippen LogP) is 1.39. The van der Waals surface area contributed by atoms with E-state index in [1.54, 1.807) is 6.92 Å². The SMILES string of the molecule is COC(=O)N[C@H](C(=O)N1CCCC1C(C)C)[C@@H](C)OC. The summed E-state index contributed by atoms with van der Waals surface area (Å²) in [5, 5.41) is 2.58. The van der Waals surface area contributed by atoms with Gasteiger partial charge in [-0.1, -0.05) is 13.8 Å². The highest BCUT2D eigenvalue weighted by molar-refractivity contribution is 5.86. The van der Waals surface area contributed by atoms with Gasteiger partial charge >= 0.3 is 6.09 Å². The molecule has 0 aromatic rings. The number of methoxy groups -OCH3 is 2. The monoisotopic (exact) mass is 286 g/mol. The quantitative estimate of drug-likeness (QED) is 0.829. The van der Waals surface area contributed by atoms with Crippen molar-refractivity contribution in [2.45, 2.75) is 51.8 Å². The maximum absolute atomic E-state index is 12.7. The summed E-state index contributed by atoms with van der Waals surface area (Å²) in [6.45, 7) is 6.72. The van der Waals surface area contributed by atoms with Crippen LogP contribution in [-0.4, -0.2) is 55.9 Å². The summed E-state index contributed by atoms with van der Waals surface area (Å²) in [5.41, 5.74) is 0. The highest BCUT2D eigenvalue weighted by Gasteiger charge is 2.37. The van der Waals surface area contributed by atoms with E-state index in [1.807, 2.05) is 4.90 Å². The Labute approximate surface area is 120 Å². The Kier molecular flexibility index (Phi) is 6.26. The number of carbonyl (C=O) groups excluding carboxylic acids is 2. The van der Waals surface area contributed by atoms with Gasteiger partial charge < -0.3 is 19.7 Å². The maximum Gasteiger partial charge on any atom is 0.407 e. The lowest BCUT2D eigenvalue weighted by Gasteiger charge is -2.33. The zero-order valence-electron chi connectivity index (χ0n) is 13.0. The molecule has 20 heavy (non-hydrogen) atoms. The lowest BCUT2D eigenvalue weighted by atomic mass is 10.0. The van der Waals surface area contributed by atoms with Crippen molar-refractivity contribution in [1.29, 1.82) is 0 Å². The van der Waals surface area contributed by atoms with E-state index in [2.05, 4.69) is 23.9 Å². The van der Waals surface area contributed by atoms with Gasteiger partial charge in [0.25, 0.3) is 0 Å². The normalized spacial score (nSPS) is 21.7. The largest absolute Gasteiger partial charge is 0.453 e. The fourth-order valence-electron chi connectivity index (χ4n) is 2.64. The molecule has 116 valence electrons. The van der Waals surface area contributed by atoms with Crippen LogP contribution in [0.3, 0.4) is 0 Å². The van der Waals surface area contributed by atoms with E-state index < -0.39 is 18.2 Å². The van der Waals surface area contributed by atoms with Crippen LogP contribution >= 0.6 is 0 Å². The van der Waals surface area contributed by atoms with Crippen molar-refractivity contribution in [2.24, 2.45) is 5.92 Å². The fourth-order valence-corrected chi connectivity index (χ4v) is 2.64. The van der Waals surface area contributed by atoms with Gasteiger partial charge in [-0.15, -0.1) is 0 Å². The number of nitrogens with zero attached hydrogens (tertiary/aromatic N) is 1. The molecule has 0 radical (unpaired) electrons. The van der Waals surface area contributed by atoms with Crippen molar-refractivity contribution in [1.82, 2.24) is 10.2 Å². The first-order chi connectivity index (χ1) is 9.42. The van der Waals surface area contributed by atoms with Crippen molar-refractivity contribution in [3.63, 3.8) is 0 Å². The van der Waals surface area contributed by atoms with Crippen molar-refractivity contribution in [3.8, 4) is 0 Å². The first-order valence-corrected chi connectivity index (χ1v) is 7.10. The molecule has 6 nitrogen and oxygen atoms in total. The van der Waals surface area contributed by atoms with Gasteiger partial charge in [0.15, 0.2) is 0 Å². The third-order valence-corrected chi connectivity index (χ3v) is 3.92. The average molecular weight is 286 g/mol. The summed E-state index contributed by atoms with van der Waals surface area (Å²) >= 11 is 0. The molecule has 1 unspecified atom stereocenters. The third kappa shape index (κ3) is 3.85. The minimum absolute atomic E-state index is 0.0963. The highest BCUT2D eigenvalue weighted by Crippen LogP contribution is 2.25. The Hall–Kier alpha value is -1.30. The Balaban J connectivity index is 2.84. The van der Waals surface area contributed by atoms with Crippen LogP contribution in [0.15, 0.2) is 0 Å². The van der Waals surface area contributed by atoms with Gasteiger partial charge in [0, 0.05) is 19.7 Å².